The summed E-state index contributed by atoms with van der Waals surface area (Å²) < 4.78 is 37.3. The summed E-state index contributed by atoms with van der Waals surface area (Å²) >= 11 is 18.0. The molecule has 1 aliphatic heterocycles. The fourth-order valence-corrected chi connectivity index (χ4v) is 4.71. The highest BCUT2D eigenvalue weighted by atomic mass is 35.5. The molecule has 1 saturated heterocycles. The van der Waals surface area contributed by atoms with Gasteiger partial charge in [-0.15, -0.1) is 0 Å². The van der Waals surface area contributed by atoms with E-state index in [1.54, 1.807) is 12.1 Å². The van der Waals surface area contributed by atoms with Crippen molar-refractivity contribution >= 4 is 50.8 Å². The van der Waals surface area contributed by atoms with Crippen molar-refractivity contribution in [2.75, 3.05) is 26.3 Å². The van der Waals surface area contributed by atoms with Gasteiger partial charge in [0.15, 0.2) is 0 Å². The molecule has 0 N–H and O–H groups in total. The summed E-state index contributed by atoms with van der Waals surface area (Å²) in [5.41, 5.74) is 0.522. The Morgan fingerprint density at radius 3 is 2.43 bits per heavy atom. The molecule has 2 aromatic carbocycles. The second kappa shape index (κ2) is 8.98. The van der Waals surface area contributed by atoms with Crippen LogP contribution in [0, 0.1) is 0 Å². The Hall–Kier alpha value is -1.35. The van der Waals surface area contributed by atoms with Crippen molar-refractivity contribution in [2.45, 2.75) is 11.5 Å². The van der Waals surface area contributed by atoms with E-state index in [1.807, 2.05) is 0 Å². The summed E-state index contributed by atoms with van der Waals surface area (Å²) in [7, 11) is -3.76. The van der Waals surface area contributed by atoms with Crippen LogP contribution in [0.2, 0.25) is 15.1 Å². The van der Waals surface area contributed by atoms with E-state index in [2.05, 4.69) is 0 Å². The van der Waals surface area contributed by atoms with Gasteiger partial charge in [-0.25, -0.2) is 13.2 Å². The van der Waals surface area contributed by atoms with Gasteiger partial charge in [-0.3, -0.25) is 0 Å². The average molecular weight is 465 g/mol. The van der Waals surface area contributed by atoms with Gasteiger partial charge in [0.05, 0.1) is 28.7 Å². The standard InChI is InChI=1S/C18H16Cl3NO5S/c19-13-2-1-12(17(21)9-13)11-27-18(23)15-10-14(3-4-16(15)20)28(24,25)22-5-7-26-8-6-22/h1-4,9-10H,5-8,11H2. The fraction of sp³-hybridized carbons (Fsp3) is 0.278. The summed E-state index contributed by atoms with van der Waals surface area (Å²) in [5.74, 6) is -0.755. The number of hydrogen-bond donors (Lipinski definition) is 0. The predicted octanol–water partition coefficient (Wildman–Crippen LogP) is 4.02. The van der Waals surface area contributed by atoms with Crippen LogP contribution in [0.5, 0.6) is 0 Å². The van der Waals surface area contributed by atoms with Crippen molar-refractivity contribution in [1.82, 2.24) is 4.31 Å². The van der Waals surface area contributed by atoms with Crippen molar-refractivity contribution in [3.8, 4) is 0 Å². The topological polar surface area (TPSA) is 72.9 Å². The normalized spacial score (nSPS) is 15.4. The summed E-state index contributed by atoms with van der Waals surface area (Å²) in [6.45, 7) is 1.04. The molecule has 0 spiro atoms. The summed E-state index contributed by atoms with van der Waals surface area (Å²) in [6.07, 6.45) is 0. The zero-order valence-electron chi connectivity index (χ0n) is 14.5. The Bertz CT molecular complexity index is 991. The Morgan fingerprint density at radius 2 is 1.75 bits per heavy atom. The quantitative estimate of drug-likeness (QED) is 0.625. The molecule has 0 radical (unpaired) electrons. The van der Waals surface area contributed by atoms with Crippen molar-refractivity contribution in [2.24, 2.45) is 0 Å². The predicted molar refractivity (Wildman–Crippen MR) is 107 cm³/mol. The number of nitrogens with zero attached hydrogens (tertiary/aromatic N) is 1. The molecular weight excluding hydrogens is 449 g/mol. The molecule has 0 atom stereocenters. The van der Waals surface area contributed by atoms with Crippen LogP contribution >= 0.6 is 34.8 Å². The van der Waals surface area contributed by atoms with E-state index in [9.17, 15) is 13.2 Å². The van der Waals surface area contributed by atoms with Crippen LogP contribution in [0.4, 0.5) is 0 Å². The third kappa shape index (κ3) is 4.79. The van der Waals surface area contributed by atoms with Crippen LogP contribution in [-0.2, 0) is 26.1 Å². The Morgan fingerprint density at radius 1 is 1.04 bits per heavy atom. The number of halogens is 3. The lowest BCUT2D eigenvalue weighted by atomic mass is 10.2. The van der Waals surface area contributed by atoms with Gasteiger partial charge in [-0.05, 0) is 30.3 Å². The zero-order chi connectivity index (χ0) is 20.3. The molecule has 28 heavy (non-hydrogen) atoms. The van der Waals surface area contributed by atoms with Crippen LogP contribution in [0.25, 0.3) is 0 Å². The molecule has 0 saturated carbocycles. The molecule has 3 rings (SSSR count). The average Bonchev–Trinajstić information content (AvgIpc) is 2.68. The van der Waals surface area contributed by atoms with E-state index < -0.39 is 16.0 Å². The Kier molecular flexibility index (Phi) is 6.85. The largest absolute Gasteiger partial charge is 0.457 e. The summed E-state index contributed by atoms with van der Waals surface area (Å²) in [5, 5.41) is 0.910. The molecule has 10 heteroatoms. The number of ether oxygens (including phenoxy) is 2. The number of sulfonamides is 1. The highest BCUT2D eigenvalue weighted by Gasteiger charge is 2.28. The molecule has 2 aromatic rings. The number of carbonyl (C=O) groups is 1. The number of rotatable bonds is 5. The fourth-order valence-electron chi connectivity index (χ4n) is 2.62. The van der Waals surface area contributed by atoms with Gasteiger partial charge in [-0.2, -0.15) is 4.31 Å². The lowest BCUT2D eigenvalue weighted by molar-refractivity contribution is 0.0472. The number of carbonyl (C=O) groups excluding carboxylic acids is 1. The molecule has 1 aliphatic rings. The lowest BCUT2D eigenvalue weighted by Gasteiger charge is -2.26. The van der Waals surface area contributed by atoms with Crippen molar-refractivity contribution in [3.05, 3.63) is 62.6 Å². The molecule has 1 fully saturated rings. The van der Waals surface area contributed by atoms with E-state index >= 15 is 0 Å². The second-order valence-corrected chi connectivity index (χ2v) is 9.16. The maximum absolute atomic E-state index is 12.8. The molecule has 0 bridgehead atoms. The van der Waals surface area contributed by atoms with Gasteiger partial charge >= 0.3 is 5.97 Å². The molecule has 6 nitrogen and oxygen atoms in total. The van der Waals surface area contributed by atoms with E-state index in [0.717, 1.165) is 0 Å². The van der Waals surface area contributed by atoms with Crippen molar-refractivity contribution < 1.29 is 22.7 Å². The third-order valence-corrected chi connectivity index (χ3v) is 6.95. The van der Waals surface area contributed by atoms with Crippen molar-refractivity contribution in [1.29, 1.82) is 0 Å². The van der Waals surface area contributed by atoms with Crippen LogP contribution in [-0.4, -0.2) is 45.0 Å². The van der Waals surface area contributed by atoms with E-state index in [-0.39, 0.29) is 35.2 Å². The van der Waals surface area contributed by atoms with Crippen LogP contribution in [0.3, 0.4) is 0 Å². The minimum Gasteiger partial charge on any atom is -0.457 e. The molecular formula is C18H16Cl3NO5S. The van der Waals surface area contributed by atoms with Gasteiger partial charge < -0.3 is 9.47 Å². The Labute approximate surface area is 177 Å². The molecule has 0 aromatic heterocycles. The van der Waals surface area contributed by atoms with Crippen molar-refractivity contribution in [3.63, 3.8) is 0 Å². The zero-order valence-corrected chi connectivity index (χ0v) is 17.6. The second-order valence-electron chi connectivity index (χ2n) is 5.97. The number of morpholine rings is 1. The first kappa shape index (κ1) is 21.4. The first-order valence-corrected chi connectivity index (χ1v) is 10.8. The minimum atomic E-state index is -3.76. The molecule has 150 valence electrons. The highest BCUT2D eigenvalue weighted by Crippen LogP contribution is 2.26. The SMILES string of the molecule is O=C(OCc1ccc(Cl)cc1Cl)c1cc(S(=O)(=O)N2CCOCC2)ccc1Cl. The molecule has 0 amide bonds. The molecule has 1 heterocycles. The molecule has 0 unspecified atom stereocenters. The van der Waals surface area contributed by atoms with Gasteiger partial charge in [0, 0.05) is 28.7 Å². The first-order chi connectivity index (χ1) is 13.3. The van der Waals surface area contributed by atoms with Gasteiger partial charge in [0.2, 0.25) is 10.0 Å². The van der Waals surface area contributed by atoms with Gasteiger partial charge in [0.25, 0.3) is 0 Å². The maximum Gasteiger partial charge on any atom is 0.340 e. The van der Waals surface area contributed by atoms with E-state index in [1.165, 1.54) is 28.6 Å². The van der Waals surface area contributed by atoms with Gasteiger partial charge in [-0.1, -0.05) is 40.9 Å². The van der Waals surface area contributed by atoms with Gasteiger partial charge in [0.1, 0.15) is 6.61 Å². The number of esters is 1. The van der Waals surface area contributed by atoms with E-state index in [4.69, 9.17) is 44.3 Å². The third-order valence-electron chi connectivity index (χ3n) is 4.14. The summed E-state index contributed by atoms with van der Waals surface area (Å²) in [4.78, 5) is 12.4. The number of benzene rings is 2. The highest BCUT2D eigenvalue weighted by molar-refractivity contribution is 7.89. The molecule has 0 aliphatic carbocycles. The smallest absolute Gasteiger partial charge is 0.340 e. The van der Waals surface area contributed by atoms with Crippen LogP contribution in [0.15, 0.2) is 41.3 Å². The first-order valence-electron chi connectivity index (χ1n) is 8.27. The minimum absolute atomic E-state index is 0.0322. The Balaban J connectivity index is 1.79. The van der Waals surface area contributed by atoms with E-state index in [0.29, 0.717) is 28.8 Å². The lowest BCUT2D eigenvalue weighted by Crippen LogP contribution is -2.40. The van der Waals surface area contributed by atoms with Crippen LogP contribution < -0.4 is 0 Å². The summed E-state index contributed by atoms with van der Waals surface area (Å²) in [6, 6.07) is 8.74. The monoisotopic (exact) mass is 463 g/mol. The van der Waals surface area contributed by atoms with Crippen LogP contribution in [0.1, 0.15) is 15.9 Å². The maximum atomic E-state index is 12.8. The number of hydrogen-bond acceptors (Lipinski definition) is 5.